The molecule has 2 aromatic heterocycles. The molecule has 172 valence electrons. The van der Waals surface area contributed by atoms with Gasteiger partial charge in [-0.25, -0.2) is 14.5 Å². The predicted molar refractivity (Wildman–Crippen MR) is 134 cm³/mol. The summed E-state index contributed by atoms with van der Waals surface area (Å²) in [5, 5.41) is 13.7. The Bertz CT molecular complexity index is 1340. The maximum Gasteiger partial charge on any atom is 0.323 e. The Morgan fingerprint density at radius 1 is 1.00 bits per heavy atom. The summed E-state index contributed by atoms with van der Waals surface area (Å²) in [4.78, 5) is 31.0. The van der Waals surface area contributed by atoms with Crippen LogP contribution in [0.5, 0.6) is 0 Å². The Morgan fingerprint density at radius 2 is 1.85 bits per heavy atom. The molecule has 0 saturated carbocycles. The van der Waals surface area contributed by atoms with Crippen molar-refractivity contribution >= 4 is 51.4 Å². The van der Waals surface area contributed by atoms with Crippen molar-refractivity contribution in [3.63, 3.8) is 0 Å². The van der Waals surface area contributed by atoms with E-state index < -0.39 is 6.03 Å². The fourth-order valence-electron chi connectivity index (χ4n) is 3.74. The minimum absolute atomic E-state index is 0.224. The maximum atomic E-state index is 12.8. The molecule has 10 heteroatoms. The molecule has 2 aromatic carbocycles. The van der Waals surface area contributed by atoms with Crippen molar-refractivity contribution in [1.82, 2.24) is 14.8 Å². The summed E-state index contributed by atoms with van der Waals surface area (Å²) in [6.45, 7) is 0. The molecule has 0 bridgehead atoms. The minimum atomic E-state index is -0.438. The third kappa shape index (κ3) is 4.95. The molecule has 0 fully saturated rings. The molecule has 4 aromatic rings. The SMILES string of the molecule is O=C(Nc1cnn(-c2cccc(C(=O)Nc3nc4c(s3)CCCC4)c2)c1)Nc1ccccc1Cl. The smallest absolute Gasteiger partial charge is 0.306 e. The summed E-state index contributed by atoms with van der Waals surface area (Å²) in [6, 6.07) is 13.6. The van der Waals surface area contributed by atoms with Gasteiger partial charge >= 0.3 is 6.03 Å². The van der Waals surface area contributed by atoms with E-state index in [4.69, 9.17) is 11.6 Å². The van der Waals surface area contributed by atoms with E-state index in [-0.39, 0.29) is 5.91 Å². The number of carbonyl (C=O) groups excluding carboxylic acids is 2. The molecule has 0 spiro atoms. The number of benzene rings is 2. The van der Waals surface area contributed by atoms with Crippen LogP contribution < -0.4 is 16.0 Å². The van der Waals surface area contributed by atoms with Crippen LogP contribution in [0.3, 0.4) is 0 Å². The number of nitrogens with one attached hydrogen (secondary N) is 3. The molecule has 3 amide bonds. The zero-order valence-corrected chi connectivity index (χ0v) is 19.6. The van der Waals surface area contributed by atoms with Gasteiger partial charge in [0.1, 0.15) is 0 Å². The Hall–Kier alpha value is -3.69. The molecule has 8 nitrogen and oxygen atoms in total. The topological polar surface area (TPSA) is 101 Å². The number of aromatic nitrogens is 3. The van der Waals surface area contributed by atoms with E-state index in [2.05, 4.69) is 26.0 Å². The highest BCUT2D eigenvalue weighted by Gasteiger charge is 2.17. The van der Waals surface area contributed by atoms with E-state index in [1.807, 2.05) is 6.07 Å². The monoisotopic (exact) mass is 492 g/mol. The minimum Gasteiger partial charge on any atom is -0.306 e. The predicted octanol–water partition coefficient (Wildman–Crippen LogP) is 5.76. The lowest BCUT2D eigenvalue weighted by Gasteiger charge is -2.07. The van der Waals surface area contributed by atoms with Gasteiger partial charge in [-0.15, -0.1) is 11.3 Å². The fourth-order valence-corrected chi connectivity index (χ4v) is 4.97. The van der Waals surface area contributed by atoms with Crippen LogP contribution in [0.2, 0.25) is 5.02 Å². The van der Waals surface area contributed by atoms with Gasteiger partial charge in [-0.3, -0.25) is 10.1 Å². The Kier molecular flexibility index (Phi) is 6.29. The number of thiazole rings is 1. The quantitative estimate of drug-likeness (QED) is 0.330. The second-order valence-electron chi connectivity index (χ2n) is 7.83. The van der Waals surface area contributed by atoms with Crippen molar-refractivity contribution in [3.05, 3.63) is 82.1 Å². The third-order valence-corrected chi connectivity index (χ3v) is 6.80. The third-order valence-electron chi connectivity index (χ3n) is 5.40. The standard InChI is InChI=1S/C24H21ClN6O2S/c25-18-8-1-2-9-19(18)28-23(33)27-16-13-26-31(14-16)17-7-5-6-15(12-17)22(32)30-24-29-20-10-3-4-11-21(20)34-24/h1-2,5-9,12-14H,3-4,10-11H2,(H2,27,28,33)(H,29,30,32). The number of urea groups is 1. The van der Waals surface area contributed by atoms with Crippen LogP contribution in [0, 0.1) is 0 Å². The van der Waals surface area contributed by atoms with Crippen LogP contribution in [0.4, 0.5) is 21.3 Å². The summed E-state index contributed by atoms with van der Waals surface area (Å²) in [5.74, 6) is -0.224. The average molecular weight is 493 g/mol. The van der Waals surface area contributed by atoms with E-state index in [1.165, 1.54) is 17.5 Å². The Balaban J connectivity index is 1.25. The first-order chi connectivity index (χ1) is 16.5. The highest BCUT2D eigenvalue weighted by atomic mass is 35.5. The number of aryl methyl sites for hydroxylation is 2. The van der Waals surface area contributed by atoms with E-state index in [0.717, 1.165) is 25.0 Å². The van der Waals surface area contributed by atoms with Crippen LogP contribution in [-0.4, -0.2) is 26.7 Å². The number of amides is 3. The summed E-state index contributed by atoms with van der Waals surface area (Å²) in [7, 11) is 0. The number of halogens is 1. The molecule has 34 heavy (non-hydrogen) atoms. The van der Waals surface area contributed by atoms with Crippen LogP contribution in [0.15, 0.2) is 60.9 Å². The molecule has 0 aliphatic heterocycles. The number of hydrogen-bond donors (Lipinski definition) is 3. The average Bonchev–Trinajstić information content (AvgIpc) is 3.47. The number of nitrogens with zero attached hydrogens (tertiary/aromatic N) is 3. The molecular weight excluding hydrogens is 472 g/mol. The van der Waals surface area contributed by atoms with Gasteiger partial charge in [-0.1, -0.05) is 29.8 Å². The first kappa shape index (κ1) is 22.1. The second kappa shape index (κ2) is 9.66. The lowest BCUT2D eigenvalue weighted by Crippen LogP contribution is -2.19. The first-order valence-corrected chi connectivity index (χ1v) is 12.0. The van der Waals surface area contributed by atoms with Crippen LogP contribution >= 0.6 is 22.9 Å². The molecule has 1 aliphatic rings. The van der Waals surface area contributed by atoms with Gasteiger partial charge in [0.15, 0.2) is 5.13 Å². The molecule has 0 atom stereocenters. The van der Waals surface area contributed by atoms with Crippen molar-refractivity contribution in [3.8, 4) is 5.69 Å². The van der Waals surface area contributed by atoms with E-state index in [0.29, 0.717) is 32.8 Å². The van der Waals surface area contributed by atoms with Crippen LogP contribution in [0.1, 0.15) is 33.8 Å². The van der Waals surface area contributed by atoms with Gasteiger partial charge in [0.05, 0.1) is 40.2 Å². The molecule has 0 unspecified atom stereocenters. The molecule has 0 radical (unpaired) electrons. The van der Waals surface area contributed by atoms with Crippen molar-refractivity contribution in [1.29, 1.82) is 0 Å². The van der Waals surface area contributed by atoms with Gasteiger partial charge in [-0.05, 0) is 56.0 Å². The summed E-state index contributed by atoms with van der Waals surface area (Å²) < 4.78 is 1.59. The lowest BCUT2D eigenvalue weighted by atomic mass is 10.0. The highest BCUT2D eigenvalue weighted by molar-refractivity contribution is 7.15. The van der Waals surface area contributed by atoms with E-state index in [9.17, 15) is 9.59 Å². The van der Waals surface area contributed by atoms with E-state index >= 15 is 0 Å². The number of rotatable bonds is 5. The number of para-hydroxylation sites is 1. The van der Waals surface area contributed by atoms with Crippen molar-refractivity contribution in [2.45, 2.75) is 25.7 Å². The maximum absolute atomic E-state index is 12.8. The lowest BCUT2D eigenvalue weighted by molar-refractivity contribution is 0.102. The van der Waals surface area contributed by atoms with Crippen molar-refractivity contribution in [2.75, 3.05) is 16.0 Å². The Labute approximate surface area is 205 Å². The van der Waals surface area contributed by atoms with Crippen LogP contribution in [-0.2, 0) is 12.8 Å². The van der Waals surface area contributed by atoms with Crippen molar-refractivity contribution < 1.29 is 9.59 Å². The Morgan fingerprint density at radius 3 is 2.71 bits per heavy atom. The summed E-state index contributed by atoms with van der Waals surface area (Å²) >= 11 is 7.63. The fraction of sp³-hybridized carbons (Fsp3) is 0.167. The number of anilines is 3. The summed E-state index contributed by atoms with van der Waals surface area (Å²) in [6.07, 6.45) is 7.52. The van der Waals surface area contributed by atoms with Crippen molar-refractivity contribution in [2.24, 2.45) is 0 Å². The molecular formula is C24H21ClN6O2S. The van der Waals surface area contributed by atoms with Gasteiger partial charge in [-0.2, -0.15) is 5.10 Å². The number of hydrogen-bond acceptors (Lipinski definition) is 5. The zero-order valence-electron chi connectivity index (χ0n) is 18.0. The van der Waals surface area contributed by atoms with Gasteiger partial charge in [0.2, 0.25) is 0 Å². The number of carbonyl (C=O) groups is 2. The zero-order chi connectivity index (χ0) is 23.5. The highest BCUT2D eigenvalue weighted by Crippen LogP contribution is 2.30. The number of fused-ring (bicyclic) bond motifs is 1. The van der Waals surface area contributed by atoms with Crippen LogP contribution in [0.25, 0.3) is 5.69 Å². The van der Waals surface area contributed by atoms with Gasteiger partial charge < -0.3 is 10.6 Å². The van der Waals surface area contributed by atoms with Gasteiger partial charge in [0, 0.05) is 10.4 Å². The molecule has 3 N–H and O–H groups in total. The first-order valence-electron chi connectivity index (χ1n) is 10.8. The molecule has 1 aliphatic carbocycles. The molecule has 2 heterocycles. The van der Waals surface area contributed by atoms with Gasteiger partial charge in [0.25, 0.3) is 5.91 Å². The normalized spacial score (nSPS) is 12.6. The molecule has 0 saturated heterocycles. The largest absolute Gasteiger partial charge is 0.323 e. The molecule has 5 rings (SSSR count). The second-order valence-corrected chi connectivity index (χ2v) is 9.32. The summed E-state index contributed by atoms with van der Waals surface area (Å²) in [5.41, 5.74) is 3.29. The van der Waals surface area contributed by atoms with E-state index in [1.54, 1.807) is 64.7 Å².